The van der Waals surface area contributed by atoms with Crippen LogP contribution in [0.15, 0.2) is 0 Å². The Bertz CT molecular complexity index is 640. The van der Waals surface area contributed by atoms with Crippen molar-refractivity contribution in [2.75, 3.05) is 0 Å². The molecule has 166 valence electrons. The van der Waals surface area contributed by atoms with Crippen molar-refractivity contribution in [2.45, 2.75) is 96.9 Å². The van der Waals surface area contributed by atoms with Crippen molar-refractivity contribution in [3.05, 3.63) is 0 Å². The molecule has 0 bridgehead atoms. The summed E-state index contributed by atoms with van der Waals surface area (Å²) in [6.07, 6.45) is 5.61. The molecule has 4 aliphatic rings. The molecule has 0 unspecified atom stereocenters. The summed E-state index contributed by atoms with van der Waals surface area (Å²) < 4.78 is 13.9. The van der Waals surface area contributed by atoms with Gasteiger partial charge in [0.05, 0.1) is 12.2 Å². The minimum Gasteiger partial charge on any atom is -0.479 e. The van der Waals surface area contributed by atoms with Crippen LogP contribution in [0.1, 0.15) is 78.6 Å². The summed E-state index contributed by atoms with van der Waals surface area (Å²) in [4.78, 5) is 11.0. The Morgan fingerprint density at radius 3 is 2.38 bits per heavy atom. The molecule has 3 N–H and O–H groups in total. The maximum absolute atomic E-state index is 13.9. The van der Waals surface area contributed by atoms with Gasteiger partial charge in [0, 0.05) is 0 Å². The zero-order valence-corrected chi connectivity index (χ0v) is 18.2. The molecular weight excluding hydrogens is 371 g/mol. The number of carboxylic acids is 1. The van der Waals surface area contributed by atoms with Gasteiger partial charge in [-0.3, -0.25) is 0 Å². The Morgan fingerprint density at radius 2 is 1.69 bits per heavy atom. The predicted octanol–water partition coefficient (Wildman–Crippen LogP) is 4.43. The zero-order chi connectivity index (χ0) is 21.1. The fourth-order valence-corrected chi connectivity index (χ4v) is 8.77. The van der Waals surface area contributed by atoms with Gasteiger partial charge in [0.2, 0.25) is 0 Å². The number of carbonyl (C=O) groups is 1. The lowest BCUT2D eigenvalue weighted by Crippen LogP contribution is -2.58. The van der Waals surface area contributed by atoms with Crippen LogP contribution in [-0.4, -0.2) is 39.7 Å². The van der Waals surface area contributed by atoms with Crippen LogP contribution in [-0.2, 0) is 4.79 Å². The van der Waals surface area contributed by atoms with Gasteiger partial charge in [-0.2, -0.15) is 0 Å². The van der Waals surface area contributed by atoms with Crippen molar-refractivity contribution < 1.29 is 24.5 Å². The Morgan fingerprint density at radius 1 is 1.03 bits per heavy atom. The van der Waals surface area contributed by atoms with Crippen LogP contribution >= 0.6 is 0 Å². The minimum absolute atomic E-state index is 0.0431. The third-order valence-corrected chi connectivity index (χ3v) is 10.3. The molecule has 0 spiro atoms. The van der Waals surface area contributed by atoms with Gasteiger partial charge in [0.1, 0.15) is 0 Å². The van der Waals surface area contributed by atoms with Crippen molar-refractivity contribution >= 4 is 5.97 Å². The largest absolute Gasteiger partial charge is 0.479 e. The molecule has 11 atom stereocenters. The maximum atomic E-state index is 13.9. The van der Waals surface area contributed by atoms with Crippen molar-refractivity contribution in [2.24, 2.45) is 46.3 Å². The molecule has 0 aromatic heterocycles. The fraction of sp³-hybridized carbons (Fsp3) is 0.958. The van der Waals surface area contributed by atoms with E-state index >= 15 is 0 Å². The second kappa shape index (κ2) is 7.47. The van der Waals surface area contributed by atoms with E-state index in [0.717, 1.165) is 51.4 Å². The molecule has 0 heterocycles. The number of aliphatic hydroxyl groups is 2. The van der Waals surface area contributed by atoms with E-state index in [0.29, 0.717) is 29.6 Å². The van der Waals surface area contributed by atoms with Gasteiger partial charge in [0.25, 0.3) is 0 Å². The number of fused-ring (bicyclic) bond motifs is 5. The van der Waals surface area contributed by atoms with E-state index < -0.39 is 12.1 Å². The van der Waals surface area contributed by atoms with Crippen molar-refractivity contribution in [1.29, 1.82) is 0 Å². The average Bonchev–Trinajstić information content (AvgIpc) is 3.00. The molecule has 29 heavy (non-hydrogen) atoms. The van der Waals surface area contributed by atoms with Crippen molar-refractivity contribution in [1.82, 2.24) is 0 Å². The van der Waals surface area contributed by atoms with E-state index in [1.165, 1.54) is 0 Å². The lowest BCUT2D eigenvalue weighted by atomic mass is 9.43. The van der Waals surface area contributed by atoms with Gasteiger partial charge < -0.3 is 15.3 Å². The number of rotatable bonds is 4. The highest BCUT2D eigenvalue weighted by molar-refractivity contribution is 5.72. The lowest BCUT2D eigenvalue weighted by Gasteiger charge is -2.62. The average molecular weight is 411 g/mol. The lowest BCUT2D eigenvalue weighted by molar-refractivity contribution is -0.174. The molecule has 4 aliphatic carbocycles. The highest BCUT2D eigenvalue weighted by Crippen LogP contribution is 2.68. The fourth-order valence-electron chi connectivity index (χ4n) is 8.77. The Balaban J connectivity index is 1.56. The second-order valence-corrected chi connectivity index (χ2v) is 11.5. The topological polar surface area (TPSA) is 77.8 Å². The third kappa shape index (κ3) is 3.35. The molecule has 4 nitrogen and oxygen atoms in total. The van der Waals surface area contributed by atoms with Crippen molar-refractivity contribution in [3.8, 4) is 0 Å². The van der Waals surface area contributed by atoms with Crippen LogP contribution in [0.3, 0.4) is 0 Å². The second-order valence-electron chi connectivity index (χ2n) is 11.5. The molecule has 4 fully saturated rings. The summed E-state index contributed by atoms with van der Waals surface area (Å²) in [5, 5.41) is 30.4. The van der Waals surface area contributed by atoms with Crippen LogP contribution < -0.4 is 0 Å². The monoisotopic (exact) mass is 410 g/mol. The molecule has 0 amide bonds. The number of hydrogen-bond acceptors (Lipinski definition) is 3. The summed E-state index contributed by atoms with van der Waals surface area (Å²) in [6, 6.07) is 0. The van der Waals surface area contributed by atoms with Gasteiger partial charge in [-0.1, -0.05) is 20.8 Å². The third-order valence-electron chi connectivity index (χ3n) is 10.3. The molecular formula is C24H39FO4. The summed E-state index contributed by atoms with van der Waals surface area (Å²) in [5.74, 6) is 0.675. The van der Waals surface area contributed by atoms with Crippen LogP contribution in [0.2, 0.25) is 0 Å². The first-order valence-corrected chi connectivity index (χ1v) is 11.8. The Hall–Kier alpha value is -0.680. The first-order valence-electron chi connectivity index (χ1n) is 11.8. The number of carboxylic acid groups (broad SMARTS) is 1. The molecule has 0 radical (unpaired) electrons. The van der Waals surface area contributed by atoms with Crippen LogP contribution in [0, 0.1) is 46.3 Å². The highest BCUT2D eigenvalue weighted by atomic mass is 19.1. The van der Waals surface area contributed by atoms with Crippen molar-refractivity contribution in [3.63, 3.8) is 0 Å². The van der Waals surface area contributed by atoms with Crippen LogP contribution in [0.4, 0.5) is 4.39 Å². The van der Waals surface area contributed by atoms with E-state index in [1.54, 1.807) is 0 Å². The minimum atomic E-state index is -1.78. The summed E-state index contributed by atoms with van der Waals surface area (Å²) in [7, 11) is 0. The summed E-state index contributed by atoms with van der Waals surface area (Å²) in [6.45, 7) is 6.77. The quantitative estimate of drug-likeness (QED) is 0.641. The van der Waals surface area contributed by atoms with E-state index in [9.17, 15) is 19.4 Å². The van der Waals surface area contributed by atoms with Gasteiger partial charge in [-0.05, 0) is 104 Å². The number of aliphatic hydroxyl groups excluding tert-OH is 2. The number of halogens is 1. The molecule has 0 saturated heterocycles. The zero-order valence-electron chi connectivity index (χ0n) is 18.2. The van der Waals surface area contributed by atoms with Crippen LogP contribution in [0.5, 0.6) is 0 Å². The van der Waals surface area contributed by atoms with Crippen LogP contribution in [0.25, 0.3) is 0 Å². The first-order chi connectivity index (χ1) is 13.6. The number of hydrogen-bond donors (Lipinski definition) is 3. The normalized spacial score (nSPS) is 51.4. The number of alkyl halides is 1. The van der Waals surface area contributed by atoms with Gasteiger partial charge in [0.15, 0.2) is 6.17 Å². The predicted molar refractivity (Wildman–Crippen MR) is 109 cm³/mol. The summed E-state index contributed by atoms with van der Waals surface area (Å²) in [5.41, 5.74) is 0.276. The van der Waals surface area contributed by atoms with Gasteiger partial charge in [-0.15, -0.1) is 0 Å². The van der Waals surface area contributed by atoms with E-state index in [1.807, 2.05) is 6.92 Å². The first kappa shape index (κ1) is 21.5. The number of aliphatic carboxylic acids is 1. The molecule has 0 aliphatic heterocycles. The Kier molecular flexibility index (Phi) is 5.55. The standard InChI is InChI=1S/C24H39FO4/c1-13(10-19(25)22(28)29)16-4-5-17-21-18(7-9-24(16,17)3)23(2)8-6-15(26)11-14(23)12-20(21)27/h13-21,26-27H,4-12H2,1-3H3,(H,28,29)/t13-,14+,15-,16-,17+,18+,19-,20-,21+,23+,24-/m1/s1. The Labute approximate surface area is 174 Å². The smallest absolute Gasteiger partial charge is 0.338 e. The summed E-state index contributed by atoms with van der Waals surface area (Å²) >= 11 is 0. The molecule has 0 aromatic rings. The SMILES string of the molecule is C[C@H](C[C@@H](F)C(=O)O)[C@H]1CC[C@H]2[C@@H]3[C@H](O)C[C@@H]4C[C@H](O)CC[C@]4(C)[C@H]3CC[C@]12C. The molecule has 0 aromatic carbocycles. The molecule has 5 heteroatoms. The van der Waals surface area contributed by atoms with E-state index in [4.69, 9.17) is 5.11 Å². The molecule has 4 saturated carbocycles. The maximum Gasteiger partial charge on any atom is 0.338 e. The van der Waals surface area contributed by atoms with Gasteiger partial charge >= 0.3 is 5.97 Å². The van der Waals surface area contributed by atoms with E-state index in [-0.39, 0.29) is 35.4 Å². The highest BCUT2D eigenvalue weighted by Gasteiger charge is 2.62. The van der Waals surface area contributed by atoms with E-state index in [2.05, 4.69) is 13.8 Å². The van der Waals surface area contributed by atoms with Gasteiger partial charge in [-0.25, -0.2) is 9.18 Å². The molecule has 4 rings (SSSR count).